The molecular weight excluding hydrogens is 436 g/mol. The van der Waals surface area contributed by atoms with Crippen molar-refractivity contribution in [1.82, 2.24) is 0 Å². The number of halogens is 1. The molecule has 2 N–H and O–H groups in total. The first-order valence-corrected chi connectivity index (χ1v) is 9.70. The average molecular weight is 451 g/mol. The summed E-state index contributed by atoms with van der Waals surface area (Å²) in [6.45, 7) is 1.66. The lowest BCUT2D eigenvalue weighted by atomic mass is 10.1. The van der Waals surface area contributed by atoms with Crippen LogP contribution in [0, 0.1) is 0 Å². The molecule has 0 aliphatic carbocycles. The van der Waals surface area contributed by atoms with Crippen LogP contribution in [0.1, 0.15) is 33.4 Å². The van der Waals surface area contributed by atoms with Gasteiger partial charge in [-0.15, -0.1) is 0 Å². The van der Waals surface area contributed by atoms with E-state index in [1.54, 1.807) is 31.2 Å². The Balaban J connectivity index is 1.63. The number of carboxylic acids is 2. The van der Waals surface area contributed by atoms with Crippen LogP contribution in [-0.2, 0) is 4.79 Å². The highest BCUT2D eigenvalue weighted by molar-refractivity contribution is 6.33. The van der Waals surface area contributed by atoms with Crippen LogP contribution in [0.4, 0.5) is 5.69 Å². The van der Waals surface area contributed by atoms with E-state index in [0.29, 0.717) is 28.5 Å². The van der Waals surface area contributed by atoms with E-state index in [1.165, 1.54) is 36.4 Å². The van der Waals surface area contributed by atoms with Crippen molar-refractivity contribution in [1.29, 1.82) is 0 Å². The third kappa shape index (κ3) is 3.91. The van der Waals surface area contributed by atoms with Crippen LogP contribution in [0.3, 0.4) is 0 Å². The van der Waals surface area contributed by atoms with Gasteiger partial charge >= 0.3 is 11.9 Å². The fraction of sp³-hybridized carbons (Fsp3) is 0.0435. The third-order valence-electron chi connectivity index (χ3n) is 4.79. The number of benzene rings is 2. The van der Waals surface area contributed by atoms with Gasteiger partial charge in [0.1, 0.15) is 11.5 Å². The number of rotatable bonds is 5. The molecule has 4 rings (SSSR count). The molecule has 160 valence electrons. The van der Waals surface area contributed by atoms with E-state index in [9.17, 15) is 24.6 Å². The number of anilines is 1. The minimum atomic E-state index is -1.15. The van der Waals surface area contributed by atoms with E-state index >= 15 is 0 Å². The van der Waals surface area contributed by atoms with Gasteiger partial charge < -0.3 is 14.6 Å². The molecule has 3 aromatic rings. The lowest BCUT2D eigenvalue weighted by Gasteiger charge is -2.12. The van der Waals surface area contributed by atoms with Crippen LogP contribution in [0.2, 0.25) is 5.02 Å². The van der Waals surface area contributed by atoms with E-state index in [4.69, 9.17) is 16.0 Å². The van der Waals surface area contributed by atoms with Gasteiger partial charge in [0.15, 0.2) is 0 Å². The monoisotopic (exact) mass is 450 g/mol. The lowest BCUT2D eigenvalue weighted by Crippen LogP contribution is -2.21. The minimum absolute atomic E-state index is 0.0416. The van der Waals surface area contributed by atoms with Crippen molar-refractivity contribution in [3.8, 4) is 11.3 Å². The number of carbonyl (C=O) groups is 3. The fourth-order valence-electron chi connectivity index (χ4n) is 3.20. The highest BCUT2D eigenvalue weighted by Gasteiger charge is 2.29. The first-order valence-electron chi connectivity index (χ1n) is 9.33. The van der Waals surface area contributed by atoms with Gasteiger partial charge in [0.05, 0.1) is 33.1 Å². The normalized spacial score (nSPS) is 14.7. The Kier molecular flexibility index (Phi) is 5.38. The van der Waals surface area contributed by atoms with Crippen LogP contribution in [-0.4, -0.2) is 33.8 Å². The van der Waals surface area contributed by atoms with Gasteiger partial charge in [-0.2, -0.15) is 10.1 Å². The second-order valence-corrected chi connectivity index (χ2v) is 7.32. The van der Waals surface area contributed by atoms with Crippen molar-refractivity contribution in [3.05, 3.63) is 82.1 Å². The summed E-state index contributed by atoms with van der Waals surface area (Å²) in [5.74, 6) is -1.91. The number of carbonyl (C=O) groups excluding carboxylic acids is 1. The maximum Gasteiger partial charge on any atom is 0.337 e. The quantitative estimate of drug-likeness (QED) is 0.538. The summed E-state index contributed by atoms with van der Waals surface area (Å²) in [5, 5.41) is 23.9. The lowest BCUT2D eigenvalue weighted by molar-refractivity contribution is -0.114. The number of hydrogen-bond donors (Lipinski definition) is 2. The van der Waals surface area contributed by atoms with Crippen molar-refractivity contribution < 1.29 is 29.0 Å². The molecule has 0 saturated carbocycles. The summed E-state index contributed by atoms with van der Waals surface area (Å²) in [6, 6.07) is 13.7. The Morgan fingerprint density at radius 1 is 1.06 bits per heavy atom. The molecule has 2 aromatic carbocycles. The first-order chi connectivity index (χ1) is 15.2. The molecule has 0 radical (unpaired) electrons. The largest absolute Gasteiger partial charge is 0.478 e. The SMILES string of the molecule is CC1=NN(c2cccc(C(=O)O)c2)C(=O)/C1=C/c1ccc(-c2ccc(Cl)c(C(=O)O)c2)o1. The van der Waals surface area contributed by atoms with Gasteiger partial charge in [0.25, 0.3) is 5.91 Å². The molecule has 1 aliphatic rings. The Hall–Kier alpha value is -4.17. The van der Waals surface area contributed by atoms with E-state index in [2.05, 4.69) is 5.10 Å². The summed E-state index contributed by atoms with van der Waals surface area (Å²) >= 11 is 5.91. The number of hydrogen-bond acceptors (Lipinski definition) is 5. The standard InChI is InChI=1S/C23H15ClN2O6/c1-12-17(21(27)26(25-12)15-4-2-3-14(9-15)22(28)29)11-16-6-8-20(32-16)13-5-7-19(24)18(10-13)23(30)31/h2-11H,1H3,(H,28,29)(H,30,31)/b17-11+. The van der Waals surface area contributed by atoms with Crippen molar-refractivity contribution in [2.45, 2.75) is 6.92 Å². The number of carboxylic acid groups (broad SMARTS) is 2. The van der Waals surface area contributed by atoms with Gasteiger partial charge in [0.2, 0.25) is 0 Å². The summed E-state index contributed by atoms with van der Waals surface area (Å²) in [5.41, 5.74) is 1.57. The van der Waals surface area contributed by atoms with Crippen LogP contribution in [0.15, 0.2) is 69.7 Å². The predicted molar refractivity (Wildman–Crippen MR) is 118 cm³/mol. The van der Waals surface area contributed by atoms with E-state index in [1.807, 2.05) is 0 Å². The Morgan fingerprint density at radius 2 is 1.84 bits per heavy atom. The van der Waals surface area contributed by atoms with Crippen LogP contribution < -0.4 is 5.01 Å². The zero-order chi connectivity index (χ0) is 23.0. The zero-order valence-corrected chi connectivity index (χ0v) is 17.3. The van der Waals surface area contributed by atoms with Crippen molar-refractivity contribution >= 4 is 46.9 Å². The van der Waals surface area contributed by atoms with E-state index < -0.39 is 17.8 Å². The van der Waals surface area contributed by atoms with Crippen molar-refractivity contribution in [3.63, 3.8) is 0 Å². The Morgan fingerprint density at radius 3 is 2.56 bits per heavy atom. The van der Waals surface area contributed by atoms with E-state index in [-0.39, 0.29) is 21.7 Å². The van der Waals surface area contributed by atoms with Gasteiger partial charge in [-0.25, -0.2) is 9.59 Å². The smallest absolute Gasteiger partial charge is 0.337 e. The van der Waals surface area contributed by atoms with Gasteiger partial charge in [-0.05, 0) is 61.5 Å². The van der Waals surface area contributed by atoms with Crippen LogP contribution in [0.5, 0.6) is 0 Å². The van der Waals surface area contributed by atoms with Crippen molar-refractivity contribution in [2.75, 3.05) is 5.01 Å². The molecular formula is C23H15ClN2O6. The second-order valence-electron chi connectivity index (χ2n) is 6.92. The fourth-order valence-corrected chi connectivity index (χ4v) is 3.40. The maximum atomic E-state index is 12.9. The maximum absolute atomic E-state index is 12.9. The number of furan rings is 1. The Bertz CT molecular complexity index is 1340. The Labute approximate surface area is 186 Å². The summed E-state index contributed by atoms with van der Waals surface area (Å²) < 4.78 is 5.78. The molecule has 0 spiro atoms. The first kappa shape index (κ1) is 21.1. The highest BCUT2D eigenvalue weighted by Crippen LogP contribution is 2.30. The topological polar surface area (TPSA) is 120 Å². The summed E-state index contributed by atoms with van der Waals surface area (Å²) in [7, 11) is 0. The average Bonchev–Trinajstić information content (AvgIpc) is 3.34. The van der Waals surface area contributed by atoms with Gasteiger partial charge in [-0.3, -0.25) is 4.79 Å². The molecule has 0 unspecified atom stereocenters. The molecule has 0 fully saturated rings. The molecule has 1 amide bonds. The number of aromatic carboxylic acids is 2. The van der Waals surface area contributed by atoms with Crippen molar-refractivity contribution in [2.24, 2.45) is 5.10 Å². The molecule has 32 heavy (non-hydrogen) atoms. The molecule has 1 aromatic heterocycles. The molecule has 1 aliphatic heterocycles. The van der Waals surface area contributed by atoms with Gasteiger partial charge in [0, 0.05) is 5.56 Å². The molecule has 8 nitrogen and oxygen atoms in total. The summed E-state index contributed by atoms with van der Waals surface area (Å²) in [4.78, 5) is 35.4. The van der Waals surface area contributed by atoms with E-state index in [0.717, 1.165) is 5.01 Å². The summed E-state index contributed by atoms with van der Waals surface area (Å²) in [6.07, 6.45) is 1.53. The molecule has 9 heteroatoms. The predicted octanol–water partition coefficient (Wildman–Crippen LogP) is 4.80. The molecule has 2 heterocycles. The molecule has 0 atom stereocenters. The van der Waals surface area contributed by atoms with Crippen LogP contribution >= 0.6 is 11.6 Å². The highest BCUT2D eigenvalue weighted by atomic mass is 35.5. The zero-order valence-electron chi connectivity index (χ0n) is 16.6. The number of nitrogens with zero attached hydrogens (tertiary/aromatic N) is 2. The minimum Gasteiger partial charge on any atom is -0.478 e. The second kappa shape index (κ2) is 8.16. The number of hydrazone groups is 1. The van der Waals surface area contributed by atoms with Crippen LogP contribution in [0.25, 0.3) is 17.4 Å². The third-order valence-corrected chi connectivity index (χ3v) is 5.12. The molecule has 0 bridgehead atoms. The molecule has 0 saturated heterocycles. The van der Waals surface area contributed by atoms with Gasteiger partial charge in [-0.1, -0.05) is 17.7 Å². The number of amides is 1.